The Balaban J connectivity index is 1.71. The molecule has 4 rings (SSSR count). The molecule has 1 saturated heterocycles. The molecule has 0 aromatic heterocycles. The van der Waals surface area contributed by atoms with Crippen LogP contribution in [0.3, 0.4) is 0 Å². The lowest BCUT2D eigenvalue weighted by Gasteiger charge is -2.18. The summed E-state index contributed by atoms with van der Waals surface area (Å²) in [6, 6.07) is 14.6. The van der Waals surface area contributed by atoms with Gasteiger partial charge in [-0.1, -0.05) is 37.3 Å². The largest absolute Gasteiger partial charge is 0.270 e. The average Bonchev–Trinajstić information content (AvgIpc) is 3.07. The smallest absolute Gasteiger partial charge is 0.235 e. The maximum atomic E-state index is 12.1. The van der Waals surface area contributed by atoms with Crippen molar-refractivity contribution in [2.24, 2.45) is 5.92 Å². The van der Waals surface area contributed by atoms with Crippen LogP contribution in [0.25, 0.3) is 11.1 Å². The van der Waals surface area contributed by atoms with Crippen molar-refractivity contribution in [3.63, 3.8) is 0 Å². The third-order valence-electron chi connectivity index (χ3n) is 4.91. The van der Waals surface area contributed by atoms with Crippen LogP contribution in [0.5, 0.6) is 0 Å². The summed E-state index contributed by atoms with van der Waals surface area (Å²) in [5.74, 6) is 0.981. The first-order valence-corrected chi connectivity index (χ1v) is 9.86. The van der Waals surface area contributed by atoms with Crippen molar-refractivity contribution in [3.05, 3.63) is 53.6 Å². The molecule has 120 valence electrons. The van der Waals surface area contributed by atoms with Gasteiger partial charge in [-0.2, -0.15) is 0 Å². The molecule has 0 bridgehead atoms. The highest BCUT2D eigenvalue weighted by molar-refractivity contribution is 7.93. The Labute approximate surface area is 138 Å². The molecule has 2 aromatic rings. The maximum Gasteiger partial charge on any atom is 0.235 e. The second-order valence-electron chi connectivity index (χ2n) is 6.79. The minimum Gasteiger partial charge on any atom is -0.270 e. The van der Waals surface area contributed by atoms with Crippen LogP contribution in [-0.4, -0.2) is 20.7 Å². The molecule has 0 N–H and O–H groups in total. The fourth-order valence-electron chi connectivity index (χ4n) is 3.79. The van der Waals surface area contributed by atoms with Crippen LogP contribution in [0.2, 0.25) is 0 Å². The molecule has 1 aliphatic heterocycles. The molecule has 1 aliphatic carbocycles. The minimum absolute atomic E-state index is 0.258. The van der Waals surface area contributed by atoms with Gasteiger partial charge in [0.2, 0.25) is 10.0 Å². The summed E-state index contributed by atoms with van der Waals surface area (Å²) < 4.78 is 25.8. The average molecular weight is 327 g/mol. The molecule has 3 nitrogen and oxygen atoms in total. The van der Waals surface area contributed by atoms with Crippen molar-refractivity contribution in [3.8, 4) is 11.1 Å². The molecule has 1 unspecified atom stereocenters. The fraction of sp³-hybridized carbons (Fsp3) is 0.368. The number of nitrogens with zero attached hydrogens (tertiary/aromatic N) is 1. The topological polar surface area (TPSA) is 37.4 Å². The first kappa shape index (κ1) is 14.8. The zero-order valence-corrected chi connectivity index (χ0v) is 14.1. The SMILES string of the molecule is CC1Cc2ccc(-c3cccc(N4CCCS4(=O)=O)c3)cc2C1. The van der Waals surface area contributed by atoms with E-state index in [-0.39, 0.29) is 5.75 Å². The van der Waals surface area contributed by atoms with Crippen molar-refractivity contribution in [1.29, 1.82) is 0 Å². The van der Waals surface area contributed by atoms with E-state index in [9.17, 15) is 8.42 Å². The summed E-state index contributed by atoms with van der Waals surface area (Å²) in [7, 11) is -3.12. The quantitative estimate of drug-likeness (QED) is 0.845. The Morgan fingerprint density at radius 3 is 2.57 bits per heavy atom. The van der Waals surface area contributed by atoms with Crippen LogP contribution in [-0.2, 0) is 22.9 Å². The number of hydrogen-bond donors (Lipinski definition) is 0. The van der Waals surface area contributed by atoms with Gasteiger partial charge in [-0.3, -0.25) is 4.31 Å². The third kappa shape index (κ3) is 2.65. The van der Waals surface area contributed by atoms with Crippen LogP contribution < -0.4 is 4.31 Å². The third-order valence-corrected chi connectivity index (χ3v) is 6.78. The predicted octanol–water partition coefficient (Wildman–Crippen LogP) is 3.63. The van der Waals surface area contributed by atoms with Crippen LogP contribution in [0.1, 0.15) is 24.5 Å². The Morgan fingerprint density at radius 1 is 1.00 bits per heavy atom. The first-order valence-electron chi connectivity index (χ1n) is 8.25. The summed E-state index contributed by atoms with van der Waals surface area (Å²) >= 11 is 0. The van der Waals surface area contributed by atoms with E-state index in [1.807, 2.05) is 18.2 Å². The molecule has 4 heteroatoms. The normalized spacial score (nSPS) is 22.3. The zero-order chi connectivity index (χ0) is 16.0. The van der Waals surface area contributed by atoms with E-state index in [1.165, 1.54) is 23.1 Å². The number of benzene rings is 2. The number of rotatable bonds is 2. The highest BCUT2D eigenvalue weighted by Crippen LogP contribution is 2.33. The van der Waals surface area contributed by atoms with Gasteiger partial charge in [0.15, 0.2) is 0 Å². The van der Waals surface area contributed by atoms with Gasteiger partial charge in [0, 0.05) is 6.54 Å². The maximum absolute atomic E-state index is 12.1. The molecule has 0 spiro atoms. The highest BCUT2D eigenvalue weighted by atomic mass is 32.2. The minimum atomic E-state index is -3.12. The van der Waals surface area contributed by atoms with E-state index in [4.69, 9.17) is 0 Å². The molecule has 2 aliphatic rings. The summed E-state index contributed by atoms with van der Waals surface area (Å²) in [6.07, 6.45) is 3.02. The summed E-state index contributed by atoms with van der Waals surface area (Å²) in [4.78, 5) is 0. The van der Waals surface area contributed by atoms with Crippen LogP contribution >= 0.6 is 0 Å². The standard InChI is InChI=1S/C19H21NO2S/c1-14-10-16-6-7-17(12-18(16)11-14)15-4-2-5-19(13-15)20-8-3-9-23(20,21)22/h2,4-7,12-14H,3,8-11H2,1H3. The van der Waals surface area contributed by atoms with Gasteiger partial charge in [-0.15, -0.1) is 0 Å². The predicted molar refractivity (Wildman–Crippen MR) is 94.2 cm³/mol. The molecule has 0 radical (unpaired) electrons. The van der Waals surface area contributed by atoms with E-state index in [1.54, 1.807) is 4.31 Å². The number of anilines is 1. The zero-order valence-electron chi connectivity index (χ0n) is 13.3. The van der Waals surface area contributed by atoms with Crippen LogP contribution in [0.4, 0.5) is 5.69 Å². The lowest BCUT2D eigenvalue weighted by atomic mass is 10.00. The molecule has 1 fully saturated rings. The van der Waals surface area contributed by atoms with Gasteiger partial charge in [0.05, 0.1) is 11.4 Å². The Morgan fingerprint density at radius 2 is 1.78 bits per heavy atom. The summed E-state index contributed by atoms with van der Waals surface area (Å²) in [5.41, 5.74) is 5.95. The van der Waals surface area contributed by atoms with E-state index >= 15 is 0 Å². The van der Waals surface area contributed by atoms with E-state index in [0.29, 0.717) is 13.0 Å². The molecular weight excluding hydrogens is 306 g/mol. The van der Waals surface area contributed by atoms with Gasteiger partial charge in [-0.25, -0.2) is 8.42 Å². The van der Waals surface area contributed by atoms with Crippen LogP contribution in [0, 0.1) is 5.92 Å². The van der Waals surface area contributed by atoms with E-state index in [0.717, 1.165) is 23.6 Å². The van der Waals surface area contributed by atoms with Gasteiger partial charge in [0.25, 0.3) is 0 Å². The Hall–Kier alpha value is -1.81. The monoisotopic (exact) mass is 327 g/mol. The molecular formula is C19H21NO2S. The van der Waals surface area contributed by atoms with Gasteiger partial charge < -0.3 is 0 Å². The first-order chi connectivity index (χ1) is 11.0. The molecule has 0 amide bonds. The number of fused-ring (bicyclic) bond motifs is 1. The van der Waals surface area contributed by atoms with Gasteiger partial charge >= 0.3 is 0 Å². The van der Waals surface area contributed by atoms with Crippen LogP contribution in [0.15, 0.2) is 42.5 Å². The molecule has 1 atom stereocenters. The second kappa shape index (κ2) is 5.38. The summed E-state index contributed by atoms with van der Waals surface area (Å²) in [5, 5.41) is 0. The van der Waals surface area contributed by atoms with Crippen molar-refractivity contribution in [1.82, 2.24) is 0 Å². The van der Waals surface area contributed by atoms with Crippen molar-refractivity contribution >= 4 is 15.7 Å². The molecule has 23 heavy (non-hydrogen) atoms. The van der Waals surface area contributed by atoms with Crippen molar-refractivity contribution in [2.75, 3.05) is 16.6 Å². The molecule has 2 aromatic carbocycles. The van der Waals surface area contributed by atoms with E-state index in [2.05, 4.69) is 31.2 Å². The van der Waals surface area contributed by atoms with Gasteiger partial charge in [-0.05, 0) is 59.6 Å². The van der Waals surface area contributed by atoms with Crippen molar-refractivity contribution < 1.29 is 8.42 Å². The fourth-order valence-corrected chi connectivity index (χ4v) is 5.34. The Kier molecular flexibility index (Phi) is 3.45. The van der Waals surface area contributed by atoms with Crippen molar-refractivity contribution in [2.45, 2.75) is 26.2 Å². The lowest BCUT2D eigenvalue weighted by Crippen LogP contribution is -2.24. The highest BCUT2D eigenvalue weighted by Gasteiger charge is 2.28. The van der Waals surface area contributed by atoms with E-state index < -0.39 is 10.0 Å². The molecule has 0 saturated carbocycles. The Bertz CT molecular complexity index is 857. The van der Waals surface area contributed by atoms with Gasteiger partial charge in [0.1, 0.15) is 0 Å². The molecule has 1 heterocycles. The number of hydrogen-bond acceptors (Lipinski definition) is 2. The lowest BCUT2D eigenvalue weighted by molar-refractivity contribution is 0.599. The second-order valence-corrected chi connectivity index (χ2v) is 8.80. The summed E-state index contributed by atoms with van der Waals surface area (Å²) in [6.45, 7) is 2.88. The number of sulfonamides is 1.